The molecule has 7 nitrogen and oxygen atoms in total. The summed E-state index contributed by atoms with van der Waals surface area (Å²) in [6.07, 6.45) is 4.82. The van der Waals surface area contributed by atoms with Crippen molar-refractivity contribution in [1.29, 1.82) is 0 Å². The first kappa shape index (κ1) is 26.3. The number of nitrogens with two attached hydrogens (primary N) is 1. The van der Waals surface area contributed by atoms with Crippen LogP contribution >= 0.6 is 24.0 Å². The van der Waals surface area contributed by atoms with Crippen LogP contribution in [0.4, 0.5) is 0 Å². The second kappa shape index (κ2) is 12.9. The van der Waals surface area contributed by atoms with Gasteiger partial charge in [0.25, 0.3) is 0 Å². The third kappa shape index (κ3) is 8.89. The number of guanidine groups is 1. The molecule has 0 bridgehead atoms. The molecule has 0 heterocycles. The summed E-state index contributed by atoms with van der Waals surface area (Å²) < 4.78 is 34.8. The van der Waals surface area contributed by atoms with Gasteiger partial charge in [-0.05, 0) is 50.3 Å². The summed E-state index contributed by atoms with van der Waals surface area (Å²) in [6, 6.07) is 6.87. The SMILES string of the molecule is CCNC(=NCCc1ccc(S(N)(=O)=O)cc1)NC1CCCC(S(=O)CC)C1.I. The number of benzene rings is 1. The van der Waals surface area contributed by atoms with Gasteiger partial charge in [-0.25, -0.2) is 13.6 Å². The number of aliphatic imine (C=N–C) groups is 1. The smallest absolute Gasteiger partial charge is 0.238 e. The van der Waals surface area contributed by atoms with Crippen molar-refractivity contribution in [2.45, 2.75) is 62.1 Å². The third-order valence-electron chi connectivity index (χ3n) is 4.89. The summed E-state index contributed by atoms with van der Waals surface area (Å²) in [7, 11) is -4.40. The molecule has 4 N–H and O–H groups in total. The highest BCUT2D eigenvalue weighted by molar-refractivity contribution is 14.0. The van der Waals surface area contributed by atoms with Crippen molar-refractivity contribution in [3.05, 3.63) is 29.8 Å². The number of primary sulfonamides is 1. The Balaban J connectivity index is 0.00000420. The summed E-state index contributed by atoms with van der Waals surface area (Å²) >= 11 is 0. The zero-order chi connectivity index (χ0) is 20.6. The lowest BCUT2D eigenvalue weighted by Crippen LogP contribution is -2.46. The Bertz CT molecular complexity index is 785. The first-order valence-electron chi connectivity index (χ1n) is 9.87. The molecule has 0 saturated heterocycles. The average molecular weight is 557 g/mol. The van der Waals surface area contributed by atoms with Gasteiger partial charge in [0.2, 0.25) is 10.0 Å². The molecule has 1 saturated carbocycles. The molecular weight excluding hydrogens is 523 g/mol. The zero-order valence-electron chi connectivity index (χ0n) is 17.1. The highest BCUT2D eigenvalue weighted by atomic mass is 127. The summed E-state index contributed by atoms with van der Waals surface area (Å²) in [5.74, 6) is 1.49. The largest absolute Gasteiger partial charge is 0.357 e. The van der Waals surface area contributed by atoms with Gasteiger partial charge in [0.15, 0.2) is 5.96 Å². The number of nitrogens with one attached hydrogen (secondary N) is 2. The van der Waals surface area contributed by atoms with Crippen LogP contribution in [0.2, 0.25) is 0 Å². The van der Waals surface area contributed by atoms with Gasteiger partial charge in [-0.15, -0.1) is 24.0 Å². The quantitative estimate of drug-likeness (QED) is 0.258. The van der Waals surface area contributed by atoms with Crippen molar-refractivity contribution in [2.75, 3.05) is 18.8 Å². The number of hydrogen-bond donors (Lipinski definition) is 3. The molecule has 0 radical (unpaired) electrons. The van der Waals surface area contributed by atoms with Crippen LogP contribution in [0, 0.1) is 0 Å². The average Bonchev–Trinajstić information content (AvgIpc) is 2.67. The Hall–Kier alpha value is -0.720. The molecule has 1 fully saturated rings. The van der Waals surface area contributed by atoms with Crippen molar-refractivity contribution >= 4 is 50.8 Å². The minimum atomic E-state index is -3.66. The van der Waals surface area contributed by atoms with Gasteiger partial charge in [0.1, 0.15) is 0 Å². The van der Waals surface area contributed by atoms with E-state index in [2.05, 4.69) is 15.6 Å². The molecule has 3 unspecified atom stereocenters. The molecule has 1 aliphatic rings. The molecule has 0 spiro atoms. The van der Waals surface area contributed by atoms with Gasteiger partial charge in [0, 0.05) is 40.9 Å². The molecule has 0 aliphatic heterocycles. The standard InChI is InChI=1S/C19H32N4O3S2.HI/c1-3-21-19(23-16-6-5-7-17(14-16)27(24)4-2)22-13-12-15-8-10-18(11-9-15)28(20,25)26;/h8-11,16-17H,3-7,12-14H2,1-2H3,(H2,20,25,26)(H2,21,22,23);1H. The Morgan fingerprint density at radius 1 is 1.24 bits per heavy atom. The second-order valence-electron chi connectivity index (χ2n) is 7.00. The van der Waals surface area contributed by atoms with Crippen LogP contribution in [0.15, 0.2) is 34.2 Å². The maximum atomic E-state index is 12.1. The van der Waals surface area contributed by atoms with Crippen molar-refractivity contribution < 1.29 is 12.6 Å². The molecule has 1 aromatic carbocycles. The molecule has 2 rings (SSSR count). The van der Waals surface area contributed by atoms with E-state index in [0.29, 0.717) is 19.0 Å². The zero-order valence-corrected chi connectivity index (χ0v) is 21.1. The van der Waals surface area contributed by atoms with Crippen molar-refractivity contribution in [3.63, 3.8) is 0 Å². The molecule has 166 valence electrons. The molecule has 29 heavy (non-hydrogen) atoms. The van der Waals surface area contributed by atoms with Gasteiger partial charge in [0.05, 0.1) is 4.90 Å². The van der Waals surface area contributed by atoms with Crippen LogP contribution in [0.3, 0.4) is 0 Å². The van der Waals surface area contributed by atoms with E-state index < -0.39 is 20.8 Å². The van der Waals surface area contributed by atoms with Crippen LogP contribution in [0.5, 0.6) is 0 Å². The van der Waals surface area contributed by atoms with Crippen LogP contribution < -0.4 is 15.8 Å². The van der Waals surface area contributed by atoms with E-state index in [4.69, 9.17) is 5.14 Å². The summed E-state index contributed by atoms with van der Waals surface area (Å²) in [5, 5.41) is 12.2. The first-order chi connectivity index (χ1) is 13.3. The summed E-state index contributed by atoms with van der Waals surface area (Å²) in [4.78, 5) is 4.76. The summed E-state index contributed by atoms with van der Waals surface area (Å²) in [5.41, 5.74) is 1.00. The van der Waals surface area contributed by atoms with Crippen LogP contribution in [-0.4, -0.2) is 48.7 Å². The lowest BCUT2D eigenvalue weighted by atomic mass is 9.95. The molecule has 1 aliphatic carbocycles. The minimum absolute atomic E-state index is 0. The van der Waals surface area contributed by atoms with E-state index in [1.807, 2.05) is 13.8 Å². The lowest BCUT2D eigenvalue weighted by Gasteiger charge is -2.30. The molecule has 0 amide bonds. The highest BCUT2D eigenvalue weighted by Gasteiger charge is 2.26. The Labute approximate surface area is 194 Å². The van der Waals surface area contributed by atoms with Gasteiger partial charge in [-0.2, -0.15) is 0 Å². The number of rotatable bonds is 8. The fourth-order valence-electron chi connectivity index (χ4n) is 3.41. The van der Waals surface area contributed by atoms with Crippen LogP contribution in [0.25, 0.3) is 0 Å². The minimum Gasteiger partial charge on any atom is -0.357 e. The highest BCUT2D eigenvalue weighted by Crippen LogP contribution is 2.23. The Kier molecular flexibility index (Phi) is 11.7. The van der Waals surface area contributed by atoms with Gasteiger partial charge >= 0.3 is 0 Å². The predicted molar refractivity (Wildman–Crippen MR) is 131 cm³/mol. The van der Waals surface area contributed by atoms with Crippen molar-refractivity contribution in [1.82, 2.24) is 10.6 Å². The van der Waals surface area contributed by atoms with E-state index in [9.17, 15) is 12.6 Å². The molecule has 1 aromatic rings. The monoisotopic (exact) mass is 556 g/mol. The van der Waals surface area contributed by atoms with E-state index in [1.54, 1.807) is 12.1 Å². The molecule has 10 heteroatoms. The van der Waals surface area contributed by atoms with E-state index in [0.717, 1.165) is 49.5 Å². The normalized spacial score (nSPS) is 21.1. The lowest BCUT2D eigenvalue weighted by molar-refractivity contribution is 0.413. The second-order valence-corrected chi connectivity index (χ2v) is 10.6. The fraction of sp³-hybridized carbons (Fsp3) is 0.632. The van der Waals surface area contributed by atoms with E-state index in [-0.39, 0.29) is 34.1 Å². The van der Waals surface area contributed by atoms with Crippen LogP contribution in [0.1, 0.15) is 45.1 Å². The van der Waals surface area contributed by atoms with Gasteiger partial charge in [-0.1, -0.05) is 25.5 Å². The Morgan fingerprint density at radius 3 is 2.52 bits per heavy atom. The molecule has 0 aromatic heterocycles. The number of sulfonamides is 1. The number of halogens is 1. The van der Waals surface area contributed by atoms with Crippen molar-refractivity contribution in [2.24, 2.45) is 10.1 Å². The fourth-order valence-corrected chi connectivity index (χ4v) is 5.27. The van der Waals surface area contributed by atoms with Gasteiger partial charge < -0.3 is 10.6 Å². The molecule has 3 atom stereocenters. The number of hydrogen-bond acceptors (Lipinski definition) is 4. The van der Waals surface area contributed by atoms with E-state index in [1.165, 1.54) is 12.1 Å². The summed E-state index contributed by atoms with van der Waals surface area (Å²) in [6.45, 7) is 5.36. The maximum absolute atomic E-state index is 12.1. The maximum Gasteiger partial charge on any atom is 0.238 e. The van der Waals surface area contributed by atoms with E-state index >= 15 is 0 Å². The molecular formula is C19H33IN4O3S2. The predicted octanol–water partition coefficient (Wildman–Crippen LogP) is 2.13. The first-order valence-corrected chi connectivity index (χ1v) is 12.8. The third-order valence-corrected chi connectivity index (χ3v) is 7.56. The van der Waals surface area contributed by atoms with Crippen molar-refractivity contribution in [3.8, 4) is 0 Å². The van der Waals surface area contributed by atoms with Gasteiger partial charge in [-0.3, -0.25) is 9.20 Å². The van der Waals surface area contributed by atoms with Crippen LogP contribution in [-0.2, 0) is 27.2 Å². The Morgan fingerprint density at radius 2 is 1.93 bits per heavy atom. The number of nitrogens with zero attached hydrogens (tertiary/aromatic N) is 1. The topological polar surface area (TPSA) is 114 Å².